The fourth-order valence-electron chi connectivity index (χ4n) is 4.12. The Labute approximate surface area is 188 Å². The van der Waals surface area contributed by atoms with Gasteiger partial charge in [-0.1, -0.05) is 30.3 Å². The SMILES string of the molecule is CCNC(=O)NC(C)c1ccc(CN2CCc3cc(OC[C@@H]4CC4(F)F)ccc3C2)cc1. The van der Waals surface area contributed by atoms with Crippen LogP contribution in [-0.4, -0.2) is 36.5 Å². The van der Waals surface area contributed by atoms with E-state index in [0.717, 1.165) is 31.6 Å². The lowest BCUT2D eigenvalue weighted by atomic mass is 9.98. The number of nitrogens with one attached hydrogen (secondary N) is 2. The summed E-state index contributed by atoms with van der Waals surface area (Å²) in [4.78, 5) is 14.1. The van der Waals surface area contributed by atoms with Gasteiger partial charge in [-0.05, 0) is 54.7 Å². The molecule has 0 aromatic heterocycles. The van der Waals surface area contributed by atoms with E-state index >= 15 is 0 Å². The van der Waals surface area contributed by atoms with Crippen molar-refractivity contribution in [3.63, 3.8) is 0 Å². The van der Waals surface area contributed by atoms with Crippen LogP contribution in [0.15, 0.2) is 42.5 Å². The van der Waals surface area contributed by atoms with E-state index < -0.39 is 11.8 Å². The van der Waals surface area contributed by atoms with Gasteiger partial charge in [-0.15, -0.1) is 0 Å². The summed E-state index contributed by atoms with van der Waals surface area (Å²) in [5.74, 6) is -2.48. The number of fused-ring (bicyclic) bond motifs is 1. The zero-order chi connectivity index (χ0) is 22.7. The zero-order valence-electron chi connectivity index (χ0n) is 18.7. The van der Waals surface area contributed by atoms with E-state index in [-0.39, 0.29) is 25.1 Å². The minimum Gasteiger partial charge on any atom is -0.493 e. The van der Waals surface area contributed by atoms with Crippen molar-refractivity contribution in [3.05, 3.63) is 64.7 Å². The summed E-state index contributed by atoms with van der Waals surface area (Å²) in [6.45, 7) is 7.20. The van der Waals surface area contributed by atoms with E-state index in [2.05, 4.69) is 45.9 Å². The lowest BCUT2D eigenvalue weighted by Crippen LogP contribution is -2.36. The first-order chi connectivity index (χ1) is 15.3. The van der Waals surface area contributed by atoms with E-state index in [1.54, 1.807) is 0 Å². The molecule has 1 aliphatic carbocycles. The van der Waals surface area contributed by atoms with E-state index in [1.807, 2.05) is 26.0 Å². The molecule has 1 unspecified atom stereocenters. The topological polar surface area (TPSA) is 53.6 Å². The molecule has 2 aliphatic rings. The molecule has 1 heterocycles. The van der Waals surface area contributed by atoms with E-state index in [0.29, 0.717) is 12.3 Å². The number of nitrogens with zero attached hydrogens (tertiary/aromatic N) is 1. The molecule has 2 amide bonds. The Balaban J connectivity index is 1.29. The van der Waals surface area contributed by atoms with Gasteiger partial charge in [0.25, 0.3) is 5.92 Å². The summed E-state index contributed by atoms with van der Waals surface area (Å²) in [6, 6.07) is 14.1. The van der Waals surface area contributed by atoms with Crippen LogP contribution in [0.5, 0.6) is 5.75 Å². The molecule has 0 saturated heterocycles. The summed E-state index contributed by atoms with van der Waals surface area (Å²) in [5.41, 5.74) is 4.80. The predicted octanol–water partition coefficient (Wildman–Crippen LogP) is 4.66. The van der Waals surface area contributed by atoms with E-state index in [4.69, 9.17) is 4.74 Å². The molecule has 2 aromatic rings. The molecular weight excluding hydrogens is 412 g/mol. The van der Waals surface area contributed by atoms with Gasteiger partial charge in [-0.3, -0.25) is 4.90 Å². The molecule has 1 aliphatic heterocycles. The number of carbonyl (C=O) groups excluding carboxylic acids is 1. The highest BCUT2D eigenvalue weighted by Gasteiger charge is 2.57. The normalized spacial score (nSPS) is 20.2. The lowest BCUT2D eigenvalue weighted by molar-refractivity contribution is 0.0856. The first kappa shape index (κ1) is 22.5. The Bertz CT molecular complexity index is 949. The number of urea groups is 1. The number of hydrogen-bond acceptors (Lipinski definition) is 3. The minimum absolute atomic E-state index is 0.0555. The first-order valence-corrected chi connectivity index (χ1v) is 11.3. The average molecular weight is 444 g/mol. The van der Waals surface area contributed by atoms with Crippen molar-refractivity contribution in [2.24, 2.45) is 5.92 Å². The highest BCUT2D eigenvalue weighted by atomic mass is 19.3. The third kappa shape index (κ3) is 5.57. The third-order valence-electron chi connectivity index (χ3n) is 6.25. The van der Waals surface area contributed by atoms with Gasteiger partial charge in [0, 0.05) is 32.6 Å². The van der Waals surface area contributed by atoms with Crippen LogP contribution in [-0.2, 0) is 19.5 Å². The Hall–Kier alpha value is -2.67. The monoisotopic (exact) mass is 443 g/mol. The molecule has 2 N–H and O–H groups in total. The Kier molecular flexibility index (Phi) is 6.65. The number of halogens is 2. The quantitative estimate of drug-likeness (QED) is 0.624. The second-order valence-corrected chi connectivity index (χ2v) is 8.83. The molecule has 2 aromatic carbocycles. The average Bonchev–Trinajstić information content (AvgIpc) is 3.39. The van der Waals surface area contributed by atoms with Crippen molar-refractivity contribution in [3.8, 4) is 5.75 Å². The number of ether oxygens (including phenoxy) is 1. The van der Waals surface area contributed by atoms with Gasteiger partial charge in [0.1, 0.15) is 5.75 Å². The molecule has 0 spiro atoms. The molecule has 1 fully saturated rings. The molecule has 1 saturated carbocycles. The van der Waals surface area contributed by atoms with Gasteiger partial charge < -0.3 is 15.4 Å². The van der Waals surface area contributed by atoms with Crippen LogP contribution < -0.4 is 15.4 Å². The van der Waals surface area contributed by atoms with Gasteiger partial charge in [0.2, 0.25) is 0 Å². The minimum atomic E-state index is -2.54. The molecule has 0 bridgehead atoms. The van der Waals surface area contributed by atoms with Crippen molar-refractivity contribution in [1.82, 2.24) is 15.5 Å². The lowest BCUT2D eigenvalue weighted by Gasteiger charge is -2.29. The maximum Gasteiger partial charge on any atom is 0.315 e. The summed E-state index contributed by atoms with van der Waals surface area (Å²) in [5, 5.41) is 5.67. The van der Waals surface area contributed by atoms with Crippen LogP contribution in [0.25, 0.3) is 0 Å². The van der Waals surface area contributed by atoms with Gasteiger partial charge in [-0.2, -0.15) is 0 Å². The summed E-state index contributed by atoms with van der Waals surface area (Å²) in [6.07, 6.45) is 0.856. The second kappa shape index (κ2) is 9.45. The fraction of sp³-hybridized carbons (Fsp3) is 0.480. The third-order valence-corrected chi connectivity index (χ3v) is 6.25. The Morgan fingerprint density at radius 2 is 1.97 bits per heavy atom. The summed E-state index contributed by atoms with van der Waals surface area (Å²) >= 11 is 0. The number of amides is 2. The highest BCUT2D eigenvalue weighted by Crippen LogP contribution is 2.48. The van der Waals surface area contributed by atoms with E-state index in [9.17, 15) is 13.6 Å². The Morgan fingerprint density at radius 3 is 2.66 bits per heavy atom. The molecule has 32 heavy (non-hydrogen) atoms. The highest BCUT2D eigenvalue weighted by molar-refractivity contribution is 5.74. The van der Waals surface area contributed by atoms with Crippen molar-refractivity contribution in [2.75, 3.05) is 19.7 Å². The smallest absolute Gasteiger partial charge is 0.315 e. The maximum absolute atomic E-state index is 13.0. The molecular formula is C25H31F2N3O2. The standard InChI is InChI=1S/C25H31F2N3O2/c1-3-28-24(31)29-17(2)19-6-4-18(5-7-19)14-30-11-10-20-12-23(9-8-21(20)15-30)32-16-22-13-25(22,26)27/h4-9,12,17,22H,3,10-11,13-16H2,1-2H3,(H2,28,29,31)/t17?,22-/m0/s1. The molecule has 7 heteroatoms. The number of benzene rings is 2. The summed E-state index contributed by atoms with van der Waals surface area (Å²) in [7, 11) is 0. The Morgan fingerprint density at radius 1 is 1.22 bits per heavy atom. The fourth-order valence-corrected chi connectivity index (χ4v) is 4.12. The number of hydrogen-bond donors (Lipinski definition) is 2. The number of alkyl halides is 2. The van der Waals surface area contributed by atoms with Crippen LogP contribution in [0.4, 0.5) is 13.6 Å². The predicted molar refractivity (Wildman–Crippen MR) is 120 cm³/mol. The van der Waals surface area contributed by atoms with Crippen molar-refractivity contribution in [2.45, 2.75) is 51.7 Å². The van der Waals surface area contributed by atoms with Gasteiger partial charge in [-0.25, -0.2) is 13.6 Å². The zero-order valence-corrected chi connectivity index (χ0v) is 18.7. The van der Waals surface area contributed by atoms with Gasteiger partial charge >= 0.3 is 6.03 Å². The van der Waals surface area contributed by atoms with Crippen LogP contribution in [0.1, 0.15) is 48.6 Å². The molecule has 0 radical (unpaired) electrons. The largest absolute Gasteiger partial charge is 0.493 e. The van der Waals surface area contributed by atoms with Crippen molar-refractivity contribution < 1.29 is 18.3 Å². The molecule has 4 rings (SSSR count). The van der Waals surface area contributed by atoms with Gasteiger partial charge in [0.15, 0.2) is 0 Å². The second-order valence-electron chi connectivity index (χ2n) is 8.83. The van der Waals surface area contributed by atoms with Crippen LogP contribution in [0, 0.1) is 5.92 Å². The van der Waals surface area contributed by atoms with Crippen molar-refractivity contribution in [1.29, 1.82) is 0 Å². The van der Waals surface area contributed by atoms with Crippen LogP contribution in [0.2, 0.25) is 0 Å². The van der Waals surface area contributed by atoms with E-state index in [1.165, 1.54) is 16.7 Å². The van der Waals surface area contributed by atoms with Crippen molar-refractivity contribution >= 4 is 6.03 Å². The molecule has 5 nitrogen and oxygen atoms in total. The first-order valence-electron chi connectivity index (χ1n) is 11.3. The molecule has 172 valence electrons. The summed E-state index contributed by atoms with van der Waals surface area (Å²) < 4.78 is 31.7. The molecule has 2 atom stereocenters. The number of carbonyl (C=O) groups is 1. The number of rotatable bonds is 8. The van der Waals surface area contributed by atoms with Crippen LogP contribution >= 0.6 is 0 Å². The van der Waals surface area contributed by atoms with Crippen LogP contribution in [0.3, 0.4) is 0 Å². The van der Waals surface area contributed by atoms with Gasteiger partial charge in [0.05, 0.1) is 18.6 Å². The maximum atomic E-state index is 13.0.